The number of H-pyrrole nitrogens is 1. The van der Waals surface area contributed by atoms with Gasteiger partial charge >= 0.3 is 0 Å². The van der Waals surface area contributed by atoms with Crippen LogP contribution in [0, 0.1) is 5.92 Å². The van der Waals surface area contributed by atoms with Gasteiger partial charge in [0.1, 0.15) is 4.47 Å². The van der Waals surface area contributed by atoms with Crippen LogP contribution in [0.5, 0.6) is 0 Å². The molecule has 0 bridgehead atoms. The van der Waals surface area contributed by atoms with Gasteiger partial charge in [-0.1, -0.05) is 0 Å². The number of aromatic nitrogens is 2. The van der Waals surface area contributed by atoms with E-state index in [0.29, 0.717) is 4.47 Å². The number of rotatable bonds is 3. The predicted octanol–water partition coefficient (Wildman–Crippen LogP) is 1.35. The molecule has 0 atom stereocenters. The molecule has 0 amide bonds. The maximum atomic E-state index is 11.1. The lowest BCUT2D eigenvalue weighted by molar-refractivity contribution is 0.880. The van der Waals surface area contributed by atoms with Gasteiger partial charge in [-0.15, -0.1) is 0 Å². The molecule has 1 fully saturated rings. The molecule has 13 heavy (non-hydrogen) atoms. The van der Waals surface area contributed by atoms with E-state index in [1.165, 1.54) is 12.8 Å². The molecule has 0 radical (unpaired) electrons. The van der Waals surface area contributed by atoms with Crippen LogP contribution < -0.4 is 10.9 Å². The van der Waals surface area contributed by atoms with E-state index in [9.17, 15) is 4.79 Å². The first-order valence-corrected chi connectivity index (χ1v) is 5.03. The van der Waals surface area contributed by atoms with Crippen molar-refractivity contribution < 1.29 is 0 Å². The third kappa shape index (κ3) is 2.09. The lowest BCUT2D eigenvalue weighted by Crippen LogP contribution is -2.13. The van der Waals surface area contributed by atoms with Gasteiger partial charge in [0.15, 0.2) is 0 Å². The van der Waals surface area contributed by atoms with Crippen LogP contribution in [0.1, 0.15) is 12.8 Å². The fraction of sp³-hybridized carbons (Fsp3) is 0.500. The molecule has 0 aliphatic heterocycles. The molecule has 4 nitrogen and oxygen atoms in total. The summed E-state index contributed by atoms with van der Waals surface area (Å²) in [6, 6.07) is 0. The van der Waals surface area contributed by atoms with Crippen LogP contribution in [0.2, 0.25) is 0 Å². The Kier molecular flexibility index (Phi) is 2.35. The number of nitrogens with zero attached hydrogens (tertiary/aromatic N) is 1. The summed E-state index contributed by atoms with van der Waals surface area (Å²) in [6.07, 6.45) is 4.20. The van der Waals surface area contributed by atoms with Gasteiger partial charge in [-0.3, -0.25) is 4.79 Å². The van der Waals surface area contributed by atoms with Gasteiger partial charge < -0.3 is 5.32 Å². The Morgan fingerprint density at radius 3 is 3.15 bits per heavy atom. The quantitative estimate of drug-likeness (QED) is 0.843. The SMILES string of the molecule is O=c1[nH]ncc(NCC2CC2)c1Br. The maximum absolute atomic E-state index is 11.1. The third-order valence-electron chi connectivity index (χ3n) is 2.07. The highest BCUT2D eigenvalue weighted by atomic mass is 79.9. The number of anilines is 1. The molecule has 0 saturated heterocycles. The topological polar surface area (TPSA) is 57.8 Å². The van der Waals surface area contributed by atoms with Crippen LogP contribution in [0.4, 0.5) is 5.69 Å². The number of hydrogen-bond acceptors (Lipinski definition) is 3. The molecule has 1 aliphatic rings. The van der Waals surface area contributed by atoms with E-state index in [2.05, 4.69) is 31.4 Å². The minimum atomic E-state index is -0.194. The average molecular weight is 244 g/mol. The van der Waals surface area contributed by atoms with Crippen LogP contribution in [0.3, 0.4) is 0 Å². The van der Waals surface area contributed by atoms with Crippen LogP contribution in [0.15, 0.2) is 15.5 Å². The predicted molar refractivity (Wildman–Crippen MR) is 53.8 cm³/mol. The zero-order valence-electron chi connectivity index (χ0n) is 7.01. The van der Waals surface area contributed by atoms with Gasteiger partial charge in [-0.2, -0.15) is 5.10 Å². The summed E-state index contributed by atoms with van der Waals surface area (Å²) in [5, 5.41) is 9.25. The van der Waals surface area contributed by atoms with Crippen LogP contribution in [-0.2, 0) is 0 Å². The molecule has 0 unspecified atom stereocenters. The van der Waals surface area contributed by atoms with Gasteiger partial charge in [0.05, 0.1) is 11.9 Å². The van der Waals surface area contributed by atoms with Gasteiger partial charge in [0.2, 0.25) is 0 Å². The van der Waals surface area contributed by atoms with Crippen LogP contribution >= 0.6 is 15.9 Å². The van der Waals surface area contributed by atoms with Crippen LogP contribution in [-0.4, -0.2) is 16.7 Å². The summed E-state index contributed by atoms with van der Waals surface area (Å²) in [4.78, 5) is 11.1. The van der Waals surface area contributed by atoms with Crippen LogP contribution in [0.25, 0.3) is 0 Å². The lowest BCUT2D eigenvalue weighted by atomic mass is 10.4. The Balaban J connectivity index is 2.09. The van der Waals surface area contributed by atoms with Gasteiger partial charge in [0, 0.05) is 6.54 Å². The smallest absolute Gasteiger partial charge is 0.280 e. The highest BCUT2D eigenvalue weighted by Gasteiger charge is 2.21. The highest BCUT2D eigenvalue weighted by Crippen LogP contribution is 2.29. The van der Waals surface area contributed by atoms with Crippen molar-refractivity contribution in [1.82, 2.24) is 10.2 Å². The molecule has 0 spiro atoms. The Morgan fingerprint density at radius 1 is 1.69 bits per heavy atom. The van der Waals surface area contributed by atoms with Crippen molar-refractivity contribution in [2.24, 2.45) is 5.92 Å². The molecule has 0 aromatic carbocycles. The average Bonchev–Trinajstić information content (AvgIpc) is 2.91. The molecule has 1 aliphatic carbocycles. The molecule has 5 heteroatoms. The molecule has 1 heterocycles. The minimum absolute atomic E-state index is 0.194. The Hall–Kier alpha value is -0.840. The Labute approximate surface area is 83.9 Å². The summed E-state index contributed by atoms with van der Waals surface area (Å²) in [5.74, 6) is 0.784. The van der Waals surface area contributed by atoms with Crippen molar-refractivity contribution >= 4 is 21.6 Å². The number of aromatic amines is 1. The van der Waals surface area contributed by atoms with Gasteiger partial charge in [0.25, 0.3) is 5.56 Å². The summed E-state index contributed by atoms with van der Waals surface area (Å²) < 4.78 is 0.531. The van der Waals surface area contributed by atoms with Crippen molar-refractivity contribution in [3.8, 4) is 0 Å². The summed E-state index contributed by atoms with van der Waals surface area (Å²) in [5.41, 5.74) is 0.580. The van der Waals surface area contributed by atoms with E-state index in [1.807, 2.05) is 0 Å². The van der Waals surface area contributed by atoms with E-state index in [4.69, 9.17) is 0 Å². The zero-order valence-corrected chi connectivity index (χ0v) is 8.60. The number of hydrogen-bond donors (Lipinski definition) is 2. The normalized spacial score (nSPS) is 15.8. The molecule has 2 N–H and O–H groups in total. The second kappa shape index (κ2) is 3.49. The van der Waals surface area contributed by atoms with E-state index in [-0.39, 0.29) is 5.56 Å². The van der Waals surface area contributed by atoms with Crippen molar-refractivity contribution in [2.45, 2.75) is 12.8 Å². The Bertz CT molecular complexity index is 359. The first kappa shape index (κ1) is 8.74. The van der Waals surface area contributed by atoms with Crippen molar-refractivity contribution in [2.75, 3.05) is 11.9 Å². The summed E-state index contributed by atoms with van der Waals surface area (Å²) in [6.45, 7) is 0.934. The molecular formula is C8H10BrN3O. The lowest BCUT2D eigenvalue weighted by Gasteiger charge is -2.04. The second-order valence-corrected chi connectivity index (χ2v) is 4.04. The largest absolute Gasteiger partial charge is 0.382 e. The van der Waals surface area contributed by atoms with E-state index < -0.39 is 0 Å². The van der Waals surface area contributed by atoms with Crippen molar-refractivity contribution in [1.29, 1.82) is 0 Å². The maximum Gasteiger partial charge on any atom is 0.280 e. The molecular weight excluding hydrogens is 234 g/mol. The number of nitrogens with one attached hydrogen (secondary N) is 2. The third-order valence-corrected chi connectivity index (χ3v) is 2.86. The number of halogens is 1. The molecule has 1 aromatic rings. The molecule has 1 aromatic heterocycles. The van der Waals surface area contributed by atoms with Gasteiger partial charge in [-0.25, -0.2) is 5.10 Å². The standard InChI is InChI=1S/C8H10BrN3O/c9-7-6(4-11-12-8(7)13)10-3-5-1-2-5/h4-5H,1-3H2,(H2,10,12,13). The first-order valence-electron chi connectivity index (χ1n) is 4.24. The zero-order chi connectivity index (χ0) is 9.26. The van der Waals surface area contributed by atoms with E-state index in [1.54, 1.807) is 6.20 Å². The monoisotopic (exact) mass is 243 g/mol. The molecule has 1 saturated carbocycles. The van der Waals surface area contributed by atoms with Gasteiger partial charge in [-0.05, 0) is 34.7 Å². The minimum Gasteiger partial charge on any atom is -0.382 e. The summed E-state index contributed by atoms with van der Waals surface area (Å²) in [7, 11) is 0. The van der Waals surface area contributed by atoms with E-state index >= 15 is 0 Å². The van der Waals surface area contributed by atoms with Crippen molar-refractivity contribution in [3.63, 3.8) is 0 Å². The van der Waals surface area contributed by atoms with E-state index in [0.717, 1.165) is 18.2 Å². The fourth-order valence-corrected chi connectivity index (χ4v) is 1.41. The highest BCUT2D eigenvalue weighted by molar-refractivity contribution is 9.10. The van der Waals surface area contributed by atoms with Crippen molar-refractivity contribution in [3.05, 3.63) is 21.0 Å². The molecule has 2 rings (SSSR count). The molecule has 70 valence electrons. The first-order chi connectivity index (χ1) is 6.27. The fourth-order valence-electron chi connectivity index (χ4n) is 1.08. The second-order valence-electron chi connectivity index (χ2n) is 3.25. The Morgan fingerprint density at radius 2 is 2.46 bits per heavy atom. The summed E-state index contributed by atoms with van der Waals surface area (Å²) >= 11 is 3.20.